The molecule has 0 saturated heterocycles. The number of fused-ring (bicyclic) bond motifs is 1. The molecule has 0 aliphatic carbocycles. The number of nitrogens with zero attached hydrogens (tertiary/aromatic N) is 1. The summed E-state index contributed by atoms with van der Waals surface area (Å²) in [6.45, 7) is -0.402. The van der Waals surface area contributed by atoms with Gasteiger partial charge in [-0.15, -0.1) is 0 Å². The van der Waals surface area contributed by atoms with Crippen molar-refractivity contribution in [3.63, 3.8) is 0 Å². The lowest BCUT2D eigenvalue weighted by atomic mass is 10.1. The predicted octanol–water partition coefficient (Wildman–Crippen LogP) is 2.55. The molecular weight excluding hydrogens is 238 g/mol. The van der Waals surface area contributed by atoms with Gasteiger partial charge in [0, 0.05) is 22.7 Å². The second-order valence-corrected chi connectivity index (χ2v) is 4.26. The fraction of sp³-hybridized carbons (Fsp3) is 0.308. The van der Waals surface area contributed by atoms with Gasteiger partial charge in [0.1, 0.15) is 0 Å². The maximum Gasteiger partial charge on any atom is 0.251 e. The number of ketones is 1. The first-order valence-corrected chi connectivity index (χ1v) is 5.64. The zero-order valence-corrected chi connectivity index (χ0v) is 9.99. The number of rotatable bonds is 5. The molecule has 0 amide bonds. The van der Waals surface area contributed by atoms with Crippen LogP contribution in [0.3, 0.4) is 0 Å². The number of carbonyl (C=O) groups excluding carboxylic acids is 1. The van der Waals surface area contributed by atoms with Gasteiger partial charge in [0.25, 0.3) is 6.43 Å². The van der Waals surface area contributed by atoms with E-state index in [0.717, 1.165) is 10.9 Å². The Morgan fingerprint density at radius 2 is 2.11 bits per heavy atom. The molecule has 1 aromatic heterocycles. The van der Waals surface area contributed by atoms with E-state index in [-0.39, 0.29) is 12.3 Å². The lowest BCUT2D eigenvalue weighted by Gasteiger charge is -2.14. The number of likely N-dealkylation sites (N-methyl/N-ethyl adjacent to an activating group) is 1. The molecule has 0 bridgehead atoms. The minimum atomic E-state index is -2.43. The Morgan fingerprint density at radius 1 is 1.39 bits per heavy atom. The summed E-state index contributed by atoms with van der Waals surface area (Å²) in [5.41, 5.74) is 1.42. The summed E-state index contributed by atoms with van der Waals surface area (Å²) in [4.78, 5) is 16.3. The Labute approximate surface area is 103 Å². The molecule has 18 heavy (non-hydrogen) atoms. The van der Waals surface area contributed by atoms with Crippen molar-refractivity contribution in [2.24, 2.45) is 0 Å². The monoisotopic (exact) mass is 252 g/mol. The average Bonchev–Trinajstić information content (AvgIpc) is 2.71. The van der Waals surface area contributed by atoms with Crippen molar-refractivity contribution in [1.29, 1.82) is 0 Å². The summed E-state index contributed by atoms with van der Waals surface area (Å²) in [5.74, 6) is -0.157. The quantitative estimate of drug-likeness (QED) is 0.830. The van der Waals surface area contributed by atoms with Gasteiger partial charge in [-0.3, -0.25) is 9.69 Å². The van der Waals surface area contributed by atoms with Crippen LogP contribution >= 0.6 is 0 Å². The van der Waals surface area contributed by atoms with Crippen LogP contribution in [0.25, 0.3) is 10.9 Å². The highest BCUT2D eigenvalue weighted by atomic mass is 19.3. The normalized spacial score (nSPS) is 11.6. The molecule has 0 aliphatic heterocycles. The Balaban J connectivity index is 2.14. The Kier molecular flexibility index (Phi) is 3.72. The third-order valence-electron chi connectivity index (χ3n) is 2.75. The van der Waals surface area contributed by atoms with Gasteiger partial charge in [0.05, 0.1) is 13.1 Å². The maximum absolute atomic E-state index is 12.2. The summed E-state index contributed by atoms with van der Waals surface area (Å²) in [7, 11) is 1.51. The second-order valence-electron chi connectivity index (χ2n) is 4.26. The minimum Gasteiger partial charge on any atom is -0.360 e. The van der Waals surface area contributed by atoms with E-state index in [9.17, 15) is 13.6 Å². The first kappa shape index (κ1) is 12.7. The number of aromatic amines is 1. The summed E-state index contributed by atoms with van der Waals surface area (Å²) in [6.07, 6.45) is -0.797. The second kappa shape index (κ2) is 5.27. The number of nitrogens with one attached hydrogen (secondary N) is 1. The van der Waals surface area contributed by atoms with Gasteiger partial charge < -0.3 is 4.98 Å². The van der Waals surface area contributed by atoms with Crippen molar-refractivity contribution in [2.75, 3.05) is 20.1 Å². The number of benzene rings is 1. The summed E-state index contributed by atoms with van der Waals surface area (Å²) in [6, 6.07) is 7.42. The molecule has 0 radical (unpaired) electrons. The molecule has 96 valence electrons. The standard InChI is InChI=1S/C13H14F2N2O/c1-17(8-13(14)15)7-12(18)10-6-16-11-5-3-2-4-9(10)11/h2-6,13,16H,7-8H2,1H3. The molecule has 2 aromatic rings. The molecule has 3 nitrogen and oxygen atoms in total. The molecule has 0 saturated carbocycles. The first-order chi connectivity index (χ1) is 8.58. The molecule has 5 heteroatoms. The largest absolute Gasteiger partial charge is 0.360 e. The van der Waals surface area contributed by atoms with Crippen LogP contribution in [-0.4, -0.2) is 42.2 Å². The van der Waals surface area contributed by atoms with E-state index in [4.69, 9.17) is 0 Å². The van der Waals surface area contributed by atoms with Crippen LogP contribution in [-0.2, 0) is 0 Å². The number of hydrogen-bond donors (Lipinski definition) is 1. The van der Waals surface area contributed by atoms with Gasteiger partial charge in [-0.1, -0.05) is 18.2 Å². The average molecular weight is 252 g/mol. The van der Waals surface area contributed by atoms with Crippen LogP contribution in [0, 0.1) is 0 Å². The summed E-state index contributed by atoms with van der Waals surface area (Å²) in [5, 5.41) is 0.827. The van der Waals surface area contributed by atoms with Crippen molar-refractivity contribution in [3.05, 3.63) is 36.0 Å². The fourth-order valence-corrected chi connectivity index (χ4v) is 1.93. The van der Waals surface area contributed by atoms with E-state index in [2.05, 4.69) is 4.98 Å². The van der Waals surface area contributed by atoms with E-state index < -0.39 is 13.0 Å². The number of alkyl halides is 2. The lowest BCUT2D eigenvalue weighted by Crippen LogP contribution is -2.30. The molecule has 1 aromatic carbocycles. The molecule has 1 heterocycles. The Bertz CT molecular complexity index is 551. The van der Waals surface area contributed by atoms with Crippen molar-refractivity contribution >= 4 is 16.7 Å². The third kappa shape index (κ3) is 2.73. The molecular formula is C13H14F2N2O. The van der Waals surface area contributed by atoms with Gasteiger partial charge in [0.2, 0.25) is 0 Å². The van der Waals surface area contributed by atoms with Crippen molar-refractivity contribution < 1.29 is 13.6 Å². The van der Waals surface area contributed by atoms with Gasteiger partial charge in [0.15, 0.2) is 5.78 Å². The molecule has 0 fully saturated rings. The van der Waals surface area contributed by atoms with Crippen LogP contribution in [0.5, 0.6) is 0 Å². The smallest absolute Gasteiger partial charge is 0.251 e. The highest BCUT2D eigenvalue weighted by Crippen LogP contribution is 2.18. The number of halogens is 2. The highest BCUT2D eigenvalue weighted by Gasteiger charge is 2.15. The van der Waals surface area contributed by atoms with Gasteiger partial charge in [-0.05, 0) is 13.1 Å². The van der Waals surface area contributed by atoms with Gasteiger partial charge in [-0.2, -0.15) is 0 Å². The first-order valence-electron chi connectivity index (χ1n) is 5.64. The summed E-state index contributed by atoms with van der Waals surface area (Å²) < 4.78 is 24.3. The van der Waals surface area contributed by atoms with E-state index in [1.807, 2.05) is 24.3 Å². The summed E-state index contributed by atoms with van der Waals surface area (Å²) >= 11 is 0. The number of H-pyrrole nitrogens is 1. The van der Waals surface area contributed by atoms with Crippen molar-refractivity contribution in [2.45, 2.75) is 6.43 Å². The molecule has 0 atom stereocenters. The Hall–Kier alpha value is -1.75. The number of carbonyl (C=O) groups is 1. The van der Waals surface area contributed by atoms with Crippen LogP contribution in [0.2, 0.25) is 0 Å². The lowest BCUT2D eigenvalue weighted by molar-refractivity contribution is 0.0821. The topological polar surface area (TPSA) is 36.1 Å². The number of hydrogen-bond acceptors (Lipinski definition) is 2. The van der Waals surface area contributed by atoms with E-state index in [1.165, 1.54) is 11.9 Å². The van der Waals surface area contributed by atoms with Crippen molar-refractivity contribution in [1.82, 2.24) is 9.88 Å². The van der Waals surface area contributed by atoms with Crippen molar-refractivity contribution in [3.8, 4) is 0 Å². The predicted molar refractivity (Wildman–Crippen MR) is 66.1 cm³/mol. The molecule has 0 aliphatic rings. The van der Waals surface area contributed by atoms with E-state index in [1.54, 1.807) is 6.20 Å². The van der Waals surface area contributed by atoms with Gasteiger partial charge >= 0.3 is 0 Å². The highest BCUT2D eigenvalue weighted by molar-refractivity contribution is 6.08. The maximum atomic E-state index is 12.2. The minimum absolute atomic E-state index is 0.00775. The van der Waals surface area contributed by atoms with Gasteiger partial charge in [-0.25, -0.2) is 8.78 Å². The van der Waals surface area contributed by atoms with Crippen LogP contribution < -0.4 is 0 Å². The third-order valence-corrected chi connectivity index (χ3v) is 2.75. The van der Waals surface area contributed by atoms with E-state index in [0.29, 0.717) is 5.56 Å². The van der Waals surface area contributed by atoms with E-state index >= 15 is 0 Å². The van der Waals surface area contributed by atoms with Crippen LogP contribution in [0.1, 0.15) is 10.4 Å². The fourth-order valence-electron chi connectivity index (χ4n) is 1.93. The van der Waals surface area contributed by atoms with Crippen LogP contribution in [0.4, 0.5) is 8.78 Å². The zero-order chi connectivity index (χ0) is 13.1. The SMILES string of the molecule is CN(CC(=O)c1c[nH]c2ccccc12)CC(F)F. The number of aromatic nitrogens is 1. The number of Topliss-reactive ketones (excluding diaryl/α,β-unsaturated/α-hetero) is 1. The molecule has 0 spiro atoms. The Morgan fingerprint density at radius 3 is 2.83 bits per heavy atom. The molecule has 2 rings (SSSR count). The molecule has 0 unspecified atom stereocenters. The van der Waals surface area contributed by atoms with Crippen LogP contribution in [0.15, 0.2) is 30.5 Å². The molecule has 1 N–H and O–H groups in total. The zero-order valence-electron chi connectivity index (χ0n) is 9.99. The number of para-hydroxylation sites is 1.